The van der Waals surface area contributed by atoms with Crippen LogP contribution in [0.4, 0.5) is 4.39 Å². The number of carboxylic acid groups (broad SMARTS) is 1. The predicted octanol–water partition coefficient (Wildman–Crippen LogP) is 3.52. The van der Waals surface area contributed by atoms with Crippen molar-refractivity contribution in [3.8, 4) is 0 Å². The van der Waals surface area contributed by atoms with Gasteiger partial charge in [0.15, 0.2) is 0 Å². The predicted molar refractivity (Wildman–Crippen MR) is 92.0 cm³/mol. The lowest BCUT2D eigenvalue weighted by atomic mass is 9.76. The average Bonchev–Trinajstić information content (AvgIpc) is 2.56. The molecule has 0 spiro atoms. The first kappa shape index (κ1) is 17.1. The number of benzene rings is 2. The summed E-state index contributed by atoms with van der Waals surface area (Å²) in [5.74, 6) is -0.879. The molecule has 1 amide bonds. The van der Waals surface area contributed by atoms with Crippen molar-refractivity contribution in [3.63, 3.8) is 0 Å². The molecule has 0 atom stereocenters. The van der Waals surface area contributed by atoms with E-state index in [1.807, 2.05) is 6.07 Å². The van der Waals surface area contributed by atoms with E-state index in [9.17, 15) is 14.0 Å². The number of aromatic carboxylic acids is 1. The van der Waals surface area contributed by atoms with Gasteiger partial charge in [0.25, 0.3) is 0 Å². The molecular formula is C20H20FNO3. The van der Waals surface area contributed by atoms with Gasteiger partial charge in [-0.25, -0.2) is 9.18 Å². The maximum Gasteiger partial charge on any atom is 0.335 e. The van der Waals surface area contributed by atoms with Gasteiger partial charge in [0.2, 0.25) is 5.91 Å². The first-order chi connectivity index (χ1) is 12.0. The zero-order chi connectivity index (χ0) is 17.8. The highest BCUT2D eigenvalue weighted by atomic mass is 19.1. The Labute approximate surface area is 145 Å². The van der Waals surface area contributed by atoms with Crippen LogP contribution in [0.3, 0.4) is 0 Å². The average molecular weight is 341 g/mol. The van der Waals surface area contributed by atoms with Gasteiger partial charge in [-0.3, -0.25) is 4.79 Å². The first-order valence-electron chi connectivity index (χ1n) is 8.38. The van der Waals surface area contributed by atoms with Gasteiger partial charge in [0.05, 0.1) is 5.56 Å². The van der Waals surface area contributed by atoms with Gasteiger partial charge in [-0.15, -0.1) is 0 Å². The van der Waals surface area contributed by atoms with Crippen molar-refractivity contribution in [2.75, 3.05) is 0 Å². The van der Waals surface area contributed by atoms with Gasteiger partial charge in [0, 0.05) is 12.5 Å². The number of carbonyl (C=O) groups excluding carboxylic acids is 1. The van der Waals surface area contributed by atoms with Gasteiger partial charge < -0.3 is 10.4 Å². The Hall–Kier alpha value is -2.69. The molecule has 5 heteroatoms. The Kier molecular flexibility index (Phi) is 5.12. The lowest BCUT2D eigenvalue weighted by Crippen LogP contribution is -2.43. The third-order valence-electron chi connectivity index (χ3n) is 4.66. The summed E-state index contributed by atoms with van der Waals surface area (Å²) in [4.78, 5) is 22.8. The van der Waals surface area contributed by atoms with Crippen LogP contribution in [0.5, 0.6) is 0 Å². The number of hydrogen-bond donors (Lipinski definition) is 2. The van der Waals surface area contributed by atoms with Crippen molar-refractivity contribution in [2.24, 2.45) is 0 Å². The molecule has 0 radical (unpaired) electrons. The highest BCUT2D eigenvalue weighted by Crippen LogP contribution is 2.37. The van der Waals surface area contributed by atoms with Crippen LogP contribution in [-0.2, 0) is 11.2 Å². The molecule has 1 saturated carbocycles. The molecule has 0 heterocycles. The Morgan fingerprint density at radius 2 is 1.84 bits per heavy atom. The Morgan fingerprint density at radius 3 is 2.48 bits per heavy atom. The van der Waals surface area contributed by atoms with Crippen LogP contribution in [0.15, 0.2) is 48.5 Å². The number of aryl methyl sites for hydroxylation is 1. The Morgan fingerprint density at radius 1 is 1.12 bits per heavy atom. The summed E-state index contributed by atoms with van der Waals surface area (Å²) in [5.41, 5.74) is 2.17. The van der Waals surface area contributed by atoms with Gasteiger partial charge in [-0.05, 0) is 60.6 Å². The van der Waals surface area contributed by atoms with Crippen LogP contribution in [0.1, 0.15) is 46.7 Å². The molecule has 0 saturated heterocycles. The molecule has 3 rings (SSSR count). The summed E-state index contributed by atoms with van der Waals surface area (Å²) in [6, 6.07) is 13.3. The van der Waals surface area contributed by atoms with E-state index >= 15 is 0 Å². The van der Waals surface area contributed by atoms with Crippen molar-refractivity contribution in [2.45, 2.75) is 37.6 Å². The molecule has 4 nitrogen and oxygen atoms in total. The Balaban J connectivity index is 1.41. The minimum atomic E-state index is -0.956. The normalized spacial score (nSPS) is 19.1. The fourth-order valence-electron chi connectivity index (χ4n) is 3.14. The third-order valence-corrected chi connectivity index (χ3v) is 4.66. The summed E-state index contributed by atoms with van der Waals surface area (Å²) in [6.07, 6.45) is 2.62. The highest BCUT2D eigenvalue weighted by Gasteiger charge is 2.31. The van der Waals surface area contributed by atoms with E-state index in [0.717, 1.165) is 24.0 Å². The molecular weight excluding hydrogens is 321 g/mol. The number of carbonyl (C=O) groups is 2. The summed E-state index contributed by atoms with van der Waals surface area (Å²) in [6.45, 7) is 0. The molecule has 0 unspecified atom stereocenters. The molecule has 130 valence electrons. The van der Waals surface area contributed by atoms with Gasteiger partial charge >= 0.3 is 5.97 Å². The largest absolute Gasteiger partial charge is 0.478 e. The molecule has 0 aromatic heterocycles. The van der Waals surface area contributed by atoms with Crippen molar-refractivity contribution in [3.05, 3.63) is 71.0 Å². The number of hydrogen-bond acceptors (Lipinski definition) is 2. The molecule has 2 aromatic rings. The Bertz CT molecular complexity index is 767. The second-order valence-electron chi connectivity index (χ2n) is 6.49. The molecule has 0 bridgehead atoms. The molecule has 25 heavy (non-hydrogen) atoms. The van der Waals surface area contributed by atoms with E-state index in [-0.39, 0.29) is 23.3 Å². The number of rotatable bonds is 6. The molecule has 0 aliphatic heterocycles. The molecule has 1 aliphatic carbocycles. The fourth-order valence-corrected chi connectivity index (χ4v) is 3.14. The maximum atomic E-state index is 13.2. The van der Waals surface area contributed by atoms with Gasteiger partial charge in [0.1, 0.15) is 5.82 Å². The number of halogens is 1. The summed E-state index contributed by atoms with van der Waals surface area (Å²) in [5, 5.41) is 11.9. The van der Waals surface area contributed by atoms with E-state index < -0.39 is 5.97 Å². The van der Waals surface area contributed by atoms with Crippen LogP contribution >= 0.6 is 0 Å². The molecule has 2 aromatic carbocycles. The van der Waals surface area contributed by atoms with Crippen molar-refractivity contribution in [1.29, 1.82) is 0 Å². The second-order valence-corrected chi connectivity index (χ2v) is 6.49. The maximum absolute atomic E-state index is 13.2. The lowest BCUT2D eigenvalue weighted by Gasteiger charge is -2.36. The fraction of sp³-hybridized carbons (Fsp3) is 0.300. The smallest absolute Gasteiger partial charge is 0.335 e. The third kappa shape index (κ3) is 4.44. The van der Waals surface area contributed by atoms with Crippen molar-refractivity contribution in [1.82, 2.24) is 5.32 Å². The van der Waals surface area contributed by atoms with E-state index in [4.69, 9.17) is 5.11 Å². The van der Waals surface area contributed by atoms with Crippen LogP contribution in [0, 0.1) is 5.82 Å². The van der Waals surface area contributed by atoms with E-state index in [0.29, 0.717) is 18.8 Å². The highest BCUT2D eigenvalue weighted by molar-refractivity contribution is 5.87. The quantitative estimate of drug-likeness (QED) is 0.845. The topological polar surface area (TPSA) is 66.4 Å². The van der Waals surface area contributed by atoms with E-state index in [1.165, 1.54) is 6.07 Å². The number of amides is 1. The minimum Gasteiger partial charge on any atom is -0.478 e. The van der Waals surface area contributed by atoms with Crippen LogP contribution < -0.4 is 5.32 Å². The van der Waals surface area contributed by atoms with E-state index in [2.05, 4.69) is 5.32 Å². The standard InChI is InChI=1S/C20H20FNO3/c21-17-3-1-2-15(10-17)16-11-18(12-16)22-19(23)9-6-13-4-7-14(8-5-13)20(24)25/h1-5,7-8,10,16,18H,6,9,11-12H2,(H,22,23)(H,24,25). The van der Waals surface area contributed by atoms with Gasteiger partial charge in [-0.1, -0.05) is 24.3 Å². The summed E-state index contributed by atoms with van der Waals surface area (Å²) < 4.78 is 13.2. The number of carboxylic acids is 1. The zero-order valence-corrected chi connectivity index (χ0v) is 13.7. The minimum absolute atomic E-state index is 0.00926. The van der Waals surface area contributed by atoms with E-state index in [1.54, 1.807) is 36.4 Å². The molecule has 1 aliphatic rings. The second kappa shape index (κ2) is 7.47. The zero-order valence-electron chi connectivity index (χ0n) is 13.7. The van der Waals surface area contributed by atoms with Gasteiger partial charge in [-0.2, -0.15) is 0 Å². The van der Waals surface area contributed by atoms with Crippen molar-refractivity contribution >= 4 is 11.9 Å². The summed E-state index contributed by atoms with van der Waals surface area (Å²) in [7, 11) is 0. The monoisotopic (exact) mass is 341 g/mol. The first-order valence-corrected chi connectivity index (χ1v) is 8.38. The lowest BCUT2D eigenvalue weighted by molar-refractivity contribution is -0.122. The molecule has 1 fully saturated rings. The molecule has 2 N–H and O–H groups in total. The van der Waals surface area contributed by atoms with Crippen LogP contribution in [-0.4, -0.2) is 23.0 Å². The van der Waals surface area contributed by atoms with Crippen LogP contribution in [0.25, 0.3) is 0 Å². The number of nitrogens with one attached hydrogen (secondary N) is 1. The SMILES string of the molecule is O=C(CCc1ccc(C(=O)O)cc1)NC1CC(c2cccc(F)c2)C1. The van der Waals surface area contributed by atoms with Crippen molar-refractivity contribution < 1.29 is 19.1 Å². The van der Waals surface area contributed by atoms with Crippen LogP contribution in [0.2, 0.25) is 0 Å². The summed E-state index contributed by atoms with van der Waals surface area (Å²) >= 11 is 0.